The Morgan fingerprint density at radius 1 is 1.32 bits per heavy atom. The van der Waals surface area contributed by atoms with Gasteiger partial charge in [0, 0.05) is 12.2 Å². The molecule has 0 aromatic heterocycles. The first-order chi connectivity index (χ1) is 11.8. The van der Waals surface area contributed by atoms with Crippen molar-refractivity contribution in [3.05, 3.63) is 46.7 Å². The molecule has 5 nitrogen and oxygen atoms in total. The van der Waals surface area contributed by atoms with Crippen LogP contribution in [0.15, 0.2) is 29.5 Å². The molecular formula is C18H22F2N2O3. The lowest BCUT2D eigenvalue weighted by atomic mass is 9.93. The Labute approximate surface area is 145 Å². The van der Waals surface area contributed by atoms with Crippen molar-refractivity contribution in [3.8, 4) is 0 Å². The largest absolute Gasteiger partial charge is 0.466 e. The van der Waals surface area contributed by atoms with E-state index in [1.54, 1.807) is 6.92 Å². The number of ether oxygens (including phenoxy) is 1. The van der Waals surface area contributed by atoms with E-state index < -0.39 is 29.7 Å². The second kappa shape index (κ2) is 7.63. The number of amides is 2. The summed E-state index contributed by atoms with van der Waals surface area (Å²) in [5, 5.41) is 2.53. The maximum atomic E-state index is 14.2. The van der Waals surface area contributed by atoms with Gasteiger partial charge in [0.25, 0.3) is 0 Å². The second-order valence-corrected chi connectivity index (χ2v) is 6.34. The van der Waals surface area contributed by atoms with Gasteiger partial charge in [-0.3, -0.25) is 4.90 Å². The molecule has 136 valence electrons. The molecule has 1 aliphatic rings. The minimum absolute atomic E-state index is 0.0230. The molecule has 2 rings (SSSR count). The van der Waals surface area contributed by atoms with E-state index in [2.05, 4.69) is 5.32 Å². The highest BCUT2D eigenvalue weighted by molar-refractivity contribution is 5.95. The molecule has 1 heterocycles. The first-order valence-electron chi connectivity index (χ1n) is 8.09. The average Bonchev–Trinajstić information content (AvgIpc) is 2.53. The maximum Gasteiger partial charge on any atom is 0.337 e. The predicted octanol–water partition coefficient (Wildman–Crippen LogP) is 3.52. The van der Waals surface area contributed by atoms with Crippen molar-refractivity contribution < 1.29 is 23.1 Å². The molecule has 1 unspecified atom stereocenters. The van der Waals surface area contributed by atoms with E-state index in [0.29, 0.717) is 18.2 Å². The fourth-order valence-electron chi connectivity index (χ4n) is 2.82. The summed E-state index contributed by atoms with van der Waals surface area (Å²) < 4.78 is 33.2. The van der Waals surface area contributed by atoms with Crippen LogP contribution in [0.4, 0.5) is 13.6 Å². The van der Waals surface area contributed by atoms with Crippen molar-refractivity contribution in [1.82, 2.24) is 10.2 Å². The van der Waals surface area contributed by atoms with E-state index in [4.69, 9.17) is 4.74 Å². The zero-order chi connectivity index (χ0) is 18.7. The lowest BCUT2D eigenvalue weighted by Gasteiger charge is -2.35. The Balaban J connectivity index is 2.54. The van der Waals surface area contributed by atoms with Crippen LogP contribution in [0.25, 0.3) is 0 Å². The van der Waals surface area contributed by atoms with Crippen LogP contribution in [0.3, 0.4) is 0 Å². The molecule has 0 saturated carbocycles. The summed E-state index contributed by atoms with van der Waals surface area (Å²) in [6, 6.07) is 1.65. The number of urea groups is 1. The van der Waals surface area contributed by atoms with E-state index in [1.165, 1.54) is 18.1 Å². The summed E-state index contributed by atoms with van der Waals surface area (Å²) in [6.07, 6.45) is 0.720. The number of esters is 1. The van der Waals surface area contributed by atoms with Crippen molar-refractivity contribution in [2.75, 3.05) is 13.7 Å². The number of methoxy groups -OCH3 is 1. The zero-order valence-electron chi connectivity index (χ0n) is 14.7. The number of carbonyl (C=O) groups is 2. The quantitative estimate of drug-likeness (QED) is 0.825. The fraction of sp³-hybridized carbons (Fsp3) is 0.444. The van der Waals surface area contributed by atoms with E-state index in [1.807, 2.05) is 13.8 Å². The van der Waals surface area contributed by atoms with E-state index in [9.17, 15) is 18.4 Å². The Bertz CT molecular complexity index is 696. The first kappa shape index (κ1) is 18.9. The smallest absolute Gasteiger partial charge is 0.337 e. The average molecular weight is 352 g/mol. The van der Waals surface area contributed by atoms with Gasteiger partial charge < -0.3 is 10.1 Å². The van der Waals surface area contributed by atoms with Gasteiger partial charge >= 0.3 is 12.0 Å². The SMILES string of the molecule is COC(=O)C1=C(C)N(CCC(C)C)C(=O)NC1c1c(F)cccc1F. The standard InChI is InChI=1S/C18H22F2N2O3/c1-10(2)8-9-22-11(3)14(17(23)25-4)16(21-18(22)24)15-12(19)6-5-7-13(15)20/h5-7,10,16H,8-9H2,1-4H3,(H,21,24). The fourth-order valence-corrected chi connectivity index (χ4v) is 2.82. The molecule has 7 heteroatoms. The molecule has 0 bridgehead atoms. The highest BCUT2D eigenvalue weighted by atomic mass is 19.1. The molecule has 0 fully saturated rings. The Morgan fingerprint density at radius 2 is 1.92 bits per heavy atom. The third kappa shape index (κ3) is 3.81. The summed E-state index contributed by atoms with van der Waals surface area (Å²) in [4.78, 5) is 26.1. The minimum atomic E-state index is -1.24. The lowest BCUT2D eigenvalue weighted by Crippen LogP contribution is -2.48. The minimum Gasteiger partial charge on any atom is -0.466 e. The summed E-state index contributed by atoms with van der Waals surface area (Å²) in [5.41, 5.74) is -0.0159. The number of halogens is 2. The number of nitrogens with zero attached hydrogens (tertiary/aromatic N) is 1. The van der Waals surface area contributed by atoms with E-state index >= 15 is 0 Å². The van der Waals surface area contributed by atoms with Crippen molar-refractivity contribution in [1.29, 1.82) is 0 Å². The summed E-state index contributed by atoms with van der Waals surface area (Å²) >= 11 is 0. The zero-order valence-corrected chi connectivity index (χ0v) is 14.7. The van der Waals surface area contributed by atoms with Crippen molar-refractivity contribution >= 4 is 12.0 Å². The molecular weight excluding hydrogens is 330 g/mol. The van der Waals surface area contributed by atoms with Crippen LogP contribution in [-0.2, 0) is 9.53 Å². The summed E-state index contributed by atoms with van der Waals surface area (Å²) in [7, 11) is 1.19. The van der Waals surface area contributed by atoms with Crippen LogP contribution in [0.1, 0.15) is 38.8 Å². The number of hydrogen-bond acceptors (Lipinski definition) is 3. The highest BCUT2D eigenvalue weighted by Gasteiger charge is 2.38. The second-order valence-electron chi connectivity index (χ2n) is 6.34. The monoisotopic (exact) mass is 352 g/mol. The third-order valence-corrected chi connectivity index (χ3v) is 4.22. The maximum absolute atomic E-state index is 14.2. The van der Waals surface area contributed by atoms with Gasteiger partial charge in [-0.15, -0.1) is 0 Å². The van der Waals surface area contributed by atoms with Crippen LogP contribution in [0.2, 0.25) is 0 Å². The molecule has 1 N–H and O–H groups in total. The van der Waals surface area contributed by atoms with Gasteiger partial charge in [-0.1, -0.05) is 19.9 Å². The Hall–Kier alpha value is -2.44. The normalized spacial score (nSPS) is 17.8. The van der Waals surface area contributed by atoms with Crippen LogP contribution < -0.4 is 5.32 Å². The number of allylic oxidation sites excluding steroid dienone is 1. The number of benzene rings is 1. The number of rotatable bonds is 5. The van der Waals surface area contributed by atoms with Crippen LogP contribution >= 0.6 is 0 Å². The van der Waals surface area contributed by atoms with Gasteiger partial charge in [0.15, 0.2) is 0 Å². The number of carbonyl (C=O) groups excluding carboxylic acids is 2. The van der Waals surface area contributed by atoms with Crippen LogP contribution in [0, 0.1) is 17.6 Å². The topological polar surface area (TPSA) is 58.6 Å². The summed E-state index contributed by atoms with van der Waals surface area (Å²) in [5.74, 6) is -2.06. The molecule has 1 aliphatic heterocycles. The Morgan fingerprint density at radius 3 is 2.44 bits per heavy atom. The van der Waals surface area contributed by atoms with Crippen molar-refractivity contribution in [3.63, 3.8) is 0 Å². The Kier molecular flexibility index (Phi) is 5.77. The predicted molar refractivity (Wildman–Crippen MR) is 88.5 cm³/mol. The molecule has 1 atom stereocenters. The lowest BCUT2D eigenvalue weighted by molar-refractivity contribution is -0.136. The van der Waals surface area contributed by atoms with Gasteiger partial charge in [-0.05, 0) is 31.4 Å². The van der Waals surface area contributed by atoms with Crippen LogP contribution in [0.5, 0.6) is 0 Å². The molecule has 1 aromatic rings. The molecule has 0 saturated heterocycles. The number of nitrogens with one attached hydrogen (secondary N) is 1. The van der Waals surface area contributed by atoms with Gasteiger partial charge in [-0.25, -0.2) is 18.4 Å². The van der Waals surface area contributed by atoms with Crippen molar-refractivity contribution in [2.45, 2.75) is 33.2 Å². The molecule has 0 radical (unpaired) electrons. The first-order valence-corrected chi connectivity index (χ1v) is 8.09. The van der Waals surface area contributed by atoms with E-state index in [0.717, 1.165) is 18.6 Å². The highest BCUT2D eigenvalue weighted by Crippen LogP contribution is 2.34. The van der Waals surface area contributed by atoms with Gasteiger partial charge in [0.05, 0.1) is 24.3 Å². The molecule has 1 aromatic carbocycles. The van der Waals surface area contributed by atoms with Crippen LogP contribution in [-0.4, -0.2) is 30.6 Å². The number of hydrogen-bond donors (Lipinski definition) is 1. The summed E-state index contributed by atoms with van der Waals surface area (Å²) in [6.45, 7) is 6.00. The van der Waals surface area contributed by atoms with E-state index in [-0.39, 0.29) is 11.1 Å². The molecule has 0 aliphatic carbocycles. The van der Waals surface area contributed by atoms with Gasteiger partial charge in [0.2, 0.25) is 0 Å². The van der Waals surface area contributed by atoms with Gasteiger partial charge in [0.1, 0.15) is 11.6 Å². The third-order valence-electron chi connectivity index (χ3n) is 4.22. The molecule has 25 heavy (non-hydrogen) atoms. The van der Waals surface area contributed by atoms with Crippen molar-refractivity contribution in [2.24, 2.45) is 5.92 Å². The van der Waals surface area contributed by atoms with Gasteiger partial charge in [-0.2, -0.15) is 0 Å². The molecule has 2 amide bonds. The molecule has 0 spiro atoms.